The quantitative estimate of drug-likeness (QED) is 0.769. The molecule has 0 aliphatic carbocycles. The molecule has 4 heteroatoms. The topological polar surface area (TPSA) is 72.3 Å². The summed E-state index contributed by atoms with van der Waals surface area (Å²) in [5, 5.41) is 0. The highest BCUT2D eigenvalue weighted by atomic mass is 16.1. The van der Waals surface area contributed by atoms with Crippen LogP contribution in [0.5, 0.6) is 0 Å². The van der Waals surface area contributed by atoms with Gasteiger partial charge in [-0.15, -0.1) is 0 Å². The van der Waals surface area contributed by atoms with Crippen molar-refractivity contribution in [3.05, 3.63) is 29.8 Å². The van der Waals surface area contributed by atoms with E-state index in [2.05, 4.69) is 29.2 Å². The molecule has 0 aliphatic rings. The van der Waals surface area contributed by atoms with Crippen molar-refractivity contribution in [1.29, 1.82) is 0 Å². The van der Waals surface area contributed by atoms with Crippen LogP contribution in [0.15, 0.2) is 24.3 Å². The number of primary amides is 1. The van der Waals surface area contributed by atoms with Crippen molar-refractivity contribution in [2.75, 3.05) is 19.0 Å². The molecule has 1 aromatic rings. The van der Waals surface area contributed by atoms with E-state index in [9.17, 15) is 4.79 Å². The number of amides is 1. The van der Waals surface area contributed by atoms with Crippen LogP contribution >= 0.6 is 0 Å². The molecular formula is C13H21N3O. The number of carbonyl (C=O) groups excluding carboxylic acids is 1. The smallest absolute Gasteiger partial charge is 0.234 e. The SMILES string of the molecule is CN(C)c1ccc(CCC[C@H](N)C(N)=O)cc1. The molecule has 0 radical (unpaired) electrons. The van der Waals surface area contributed by atoms with Gasteiger partial charge in [0.25, 0.3) is 0 Å². The third-order valence-electron chi connectivity index (χ3n) is 2.80. The lowest BCUT2D eigenvalue weighted by Gasteiger charge is -2.13. The van der Waals surface area contributed by atoms with Crippen LogP contribution in [0.2, 0.25) is 0 Å². The molecule has 1 amide bonds. The van der Waals surface area contributed by atoms with Crippen LogP contribution in [0.1, 0.15) is 18.4 Å². The highest BCUT2D eigenvalue weighted by molar-refractivity contribution is 5.79. The molecule has 4 N–H and O–H groups in total. The Labute approximate surface area is 103 Å². The van der Waals surface area contributed by atoms with Gasteiger partial charge in [-0.2, -0.15) is 0 Å². The number of carbonyl (C=O) groups is 1. The van der Waals surface area contributed by atoms with E-state index < -0.39 is 11.9 Å². The normalized spacial score (nSPS) is 12.2. The largest absolute Gasteiger partial charge is 0.378 e. The standard InChI is InChI=1S/C13H21N3O/c1-16(2)11-8-6-10(7-9-11)4-3-5-12(14)13(15)17/h6-9,12H,3-5,14H2,1-2H3,(H2,15,17)/t12-/m0/s1. The molecule has 0 spiro atoms. The summed E-state index contributed by atoms with van der Waals surface area (Å²) in [4.78, 5) is 12.8. The number of nitrogens with two attached hydrogens (primary N) is 2. The summed E-state index contributed by atoms with van der Waals surface area (Å²) >= 11 is 0. The molecule has 0 saturated heterocycles. The van der Waals surface area contributed by atoms with Crippen LogP contribution in [0, 0.1) is 0 Å². The van der Waals surface area contributed by atoms with Gasteiger partial charge in [0.2, 0.25) is 5.91 Å². The van der Waals surface area contributed by atoms with Crippen molar-refractivity contribution in [1.82, 2.24) is 0 Å². The second kappa shape index (κ2) is 6.25. The van der Waals surface area contributed by atoms with Crippen LogP contribution in [-0.2, 0) is 11.2 Å². The maximum atomic E-state index is 10.8. The Kier molecular flexibility index (Phi) is 4.97. The summed E-state index contributed by atoms with van der Waals surface area (Å²) in [6.45, 7) is 0. The summed E-state index contributed by atoms with van der Waals surface area (Å²) in [5.74, 6) is -0.423. The predicted molar refractivity (Wildman–Crippen MR) is 70.9 cm³/mol. The average molecular weight is 235 g/mol. The van der Waals surface area contributed by atoms with E-state index in [4.69, 9.17) is 11.5 Å². The number of anilines is 1. The Morgan fingerprint density at radius 2 is 1.88 bits per heavy atom. The molecule has 1 rings (SSSR count). The average Bonchev–Trinajstić information content (AvgIpc) is 2.29. The van der Waals surface area contributed by atoms with Crippen molar-refractivity contribution >= 4 is 11.6 Å². The Balaban J connectivity index is 2.40. The van der Waals surface area contributed by atoms with Gasteiger partial charge in [-0.25, -0.2) is 0 Å². The Hall–Kier alpha value is -1.55. The van der Waals surface area contributed by atoms with Gasteiger partial charge >= 0.3 is 0 Å². The van der Waals surface area contributed by atoms with Gasteiger partial charge in [0, 0.05) is 19.8 Å². The van der Waals surface area contributed by atoms with Crippen molar-refractivity contribution < 1.29 is 4.79 Å². The van der Waals surface area contributed by atoms with Gasteiger partial charge in [-0.1, -0.05) is 12.1 Å². The van der Waals surface area contributed by atoms with Crippen LogP contribution in [0.3, 0.4) is 0 Å². The number of hydrogen-bond acceptors (Lipinski definition) is 3. The van der Waals surface area contributed by atoms with Gasteiger partial charge in [-0.3, -0.25) is 4.79 Å². The van der Waals surface area contributed by atoms with Crippen molar-refractivity contribution in [2.45, 2.75) is 25.3 Å². The summed E-state index contributed by atoms with van der Waals surface area (Å²) in [6, 6.07) is 7.86. The number of nitrogens with zero attached hydrogens (tertiary/aromatic N) is 1. The van der Waals surface area contributed by atoms with Gasteiger partial charge < -0.3 is 16.4 Å². The molecule has 0 unspecified atom stereocenters. The Morgan fingerprint density at radius 3 is 2.35 bits per heavy atom. The van der Waals surface area contributed by atoms with Crippen molar-refractivity contribution in [3.8, 4) is 0 Å². The zero-order chi connectivity index (χ0) is 12.8. The summed E-state index contributed by atoms with van der Waals surface area (Å²) < 4.78 is 0. The molecule has 0 saturated carbocycles. The highest BCUT2D eigenvalue weighted by Crippen LogP contribution is 2.14. The third kappa shape index (κ3) is 4.44. The van der Waals surface area contributed by atoms with Crippen molar-refractivity contribution in [3.63, 3.8) is 0 Å². The molecule has 17 heavy (non-hydrogen) atoms. The first-order valence-electron chi connectivity index (χ1n) is 5.82. The summed E-state index contributed by atoms with van der Waals surface area (Å²) in [7, 11) is 4.03. The molecule has 94 valence electrons. The van der Waals surface area contributed by atoms with E-state index in [1.165, 1.54) is 11.3 Å². The molecule has 0 aliphatic heterocycles. The molecule has 0 fully saturated rings. The van der Waals surface area contributed by atoms with E-state index in [0.717, 1.165) is 12.8 Å². The van der Waals surface area contributed by atoms with Crippen LogP contribution in [-0.4, -0.2) is 26.0 Å². The van der Waals surface area contributed by atoms with Gasteiger partial charge in [0.15, 0.2) is 0 Å². The van der Waals surface area contributed by atoms with Gasteiger partial charge in [-0.05, 0) is 37.0 Å². The third-order valence-corrected chi connectivity index (χ3v) is 2.80. The van der Waals surface area contributed by atoms with E-state index in [1.54, 1.807) is 0 Å². The summed E-state index contributed by atoms with van der Waals surface area (Å²) in [6.07, 6.45) is 2.45. The maximum absolute atomic E-state index is 10.8. The number of rotatable bonds is 6. The Morgan fingerprint density at radius 1 is 1.29 bits per heavy atom. The fourth-order valence-electron chi connectivity index (χ4n) is 1.63. The van der Waals surface area contributed by atoms with Crippen LogP contribution in [0.25, 0.3) is 0 Å². The fraction of sp³-hybridized carbons (Fsp3) is 0.462. The number of benzene rings is 1. The molecule has 1 aromatic carbocycles. The highest BCUT2D eigenvalue weighted by Gasteiger charge is 2.08. The number of hydrogen-bond donors (Lipinski definition) is 2. The fourth-order valence-corrected chi connectivity index (χ4v) is 1.63. The zero-order valence-electron chi connectivity index (χ0n) is 10.5. The number of aryl methyl sites for hydroxylation is 1. The zero-order valence-corrected chi connectivity index (χ0v) is 10.5. The van der Waals surface area contributed by atoms with E-state index >= 15 is 0 Å². The van der Waals surface area contributed by atoms with E-state index in [1.807, 2.05) is 14.1 Å². The minimum Gasteiger partial charge on any atom is -0.378 e. The lowest BCUT2D eigenvalue weighted by molar-refractivity contribution is -0.119. The summed E-state index contributed by atoms with van der Waals surface area (Å²) in [5.41, 5.74) is 13.1. The van der Waals surface area contributed by atoms with E-state index in [0.29, 0.717) is 6.42 Å². The molecular weight excluding hydrogens is 214 g/mol. The molecule has 0 heterocycles. The molecule has 0 aromatic heterocycles. The molecule has 4 nitrogen and oxygen atoms in total. The lowest BCUT2D eigenvalue weighted by Crippen LogP contribution is -2.36. The predicted octanol–water partition coefficient (Wildman–Crippen LogP) is 0.888. The minimum absolute atomic E-state index is 0.423. The van der Waals surface area contributed by atoms with Crippen molar-refractivity contribution in [2.24, 2.45) is 11.5 Å². The molecule has 0 bridgehead atoms. The second-order valence-electron chi connectivity index (χ2n) is 4.46. The van der Waals surface area contributed by atoms with Gasteiger partial charge in [0.05, 0.1) is 6.04 Å². The maximum Gasteiger partial charge on any atom is 0.234 e. The van der Waals surface area contributed by atoms with E-state index in [-0.39, 0.29) is 0 Å². The lowest BCUT2D eigenvalue weighted by atomic mass is 10.0. The Bertz CT molecular complexity index is 359. The first-order valence-corrected chi connectivity index (χ1v) is 5.82. The van der Waals surface area contributed by atoms with Crippen LogP contribution in [0.4, 0.5) is 5.69 Å². The molecule has 1 atom stereocenters. The minimum atomic E-state index is -0.518. The first kappa shape index (κ1) is 13.5. The van der Waals surface area contributed by atoms with Crippen LogP contribution < -0.4 is 16.4 Å². The van der Waals surface area contributed by atoms with Gasteiger partial charge in [0.1, 0.15) is 0 Å². The first-order chi connectivity index (χ1) is 8.00. The second-order valence-corrected chi connectivity index (χ2v) is 4.46. The monoisotopic (exact) mass is 235 g/mol.